The molecule has 0 radical (unpaired) electrons. The number of hydrazine groups is 1. The molecule has 1 aliphatic heterocycles. The molecule has 14 heavy (non-hydrogen) atoms. The summed E-state index contributed by atoms with van der Waals surface area (Å²) in [5, 5.41) is 2.91. The van der Waals surface area contributed by atoms with Crippen LogP contribution in [0.4, 0.5) is 5.69 Å². The first kappa shape index (κ1) is 9.77. The zero-order valence-electron chi connectivity index (χ0n) is 7.87. The lowest BCUT2D eigenvalue weighted by Gasteiger charge is -2.27. The second-order valence-electron chi connectivity index (χ2n) is 3.22. The number of morpholine rings is 1. The average molecular weight is 213 g/mol. The number of rotatable bonds is 2. The van der Waals surface area contributed by atoms with E-state index in [-0.39, 0.29) is 0 Å². The lowest BCUT2D eigenvalue weighted by Crippen LogP contribution is -2.40. The molecule has 0 atom stereocenters. The highest BCUT2D eigenvalue weighted by molar-refractivity contribution is 6.30. The lowest BCUT2D eigenvalue weighted by atomic mass is 10.3. The van der Waals surface area contributed by atoms with E-state index in [0.717, 1.165) is 37.0 Å². The molecule has 0 amide bonds. The third kappa shape index (κ3) is 2.61. The number of nitrogens with zero attached hydrogens (tertiary/aromatic N) is 1. The molecule has 1 aromatic carbocycles. The fourth-order valence-corrected chi connectivity index (χ4v) is 1.51. The number of halogens is 1. The lowest BCUT2D eigenvalue weighted by molar-refractivity contribution is 0.0497. The molecule has 0 saturated carbocycles. The Hall–Kier alpha value is -0.770. The minimum absolute atomic E-state index is 0.762. The molecular weight excluding hydrogens is 200 g/mol. The van der Waals surface area contributed by atoms with Crippen LogP contribution in [0.15, 0.2) is 24.3 Å². The predicted octanol–water partition coefficient (Wildman–Crippen LogP) is 2.00. The minimum Gasteiger partial charge on any atom is -0.379 e. The monoisotopic (exact) mass is 212 g/mol. The third-order valence-electron chi connectivity index (χ3n) is 2.14. The van der Waals surface area contributed by atoms with E-state index in [4.69, 9.17) is 16.3 Å². The van der Waals surface area contributed by atoms with Gasteiger partial charge in [-0.2, -0.15) is 0 Å². The summed E-state index contributed by atoms with van der Waals surface area (Å²) in [6, 6.07) is 7.70. The van der Waals surface area contributed by atoms with Crippen LogP contribution in [0.25, 0.3) is 0 Å². The maximum Gasteiger partial charge on any atom is 0.0612 e. The summed E-state index contributed by atoms with van der Waals surface area (Å²) >= 11 is 5.79. The molecule has 0 bridgehead atoms. The summed E-state index contributed by atoms with van der Waals surface area (Å²) in [4.78, 5) is 0. The minimum atomic E-state index is 0.762. The van der Waals surface area contributed by atoms with E-state index in [1.54, 1.807) is 0 Å². The molecule has 76 valence electrons. The largest absolute Gasteiger partial charge is 0.379 e. The van der Waals surface area contributed by atoms with Crippen LogP contribution in [0.1, 0.15) is 0 Å². The Morgan fingerprint density at radius 3 is 2.43 bits per heavy atom. The van der Waals surface area contributed by atoms with Crippen LogP contribution in [0.3, 0.4) is 0 Å². The van der Waals surface area contributed by atoms with Gasteiger partial charge in [0.2, 0.25) is 0 Å². The van der Waals surface area contributed by atoms with Crippen molar-refractivity contribution < 1.29 is 4.74 Å². The Morgan fingerprint density at radius 2 is 1.79 bits per heavy atom. The summed E-state index contributed by atoms with van der Waals surface area (Å²) in [6.45, 7) is 3.42. The molecule has 1 fully saturated rings. The first-order chi connectivity index (χ1) is 6.84. The zero-order chi connectivity index (χ0) is 9.80. The van der Waals surface area contributed by atoms with E-state index in [2.05, 4.69) is 10.4 Å². The SMILES string of the molecule is Clc1ccc(NN2CCOCC2)cc1. The molecule has 0 aliphatic carbocycles. The van der Waals surface area contributed by atoms with Gasteiger partial charge in [-0.25, -0.2) is 5.01 Å². The molecule has 2 rings (SSSR count). The summed E-state index contributed by atoms with van der Waals surface area (Å²) in [6.07, 6.45) is 0. The molecule has 1 aliphatic rings. The normalized spacial score (nSPS) is 18.1. The maximum absolute atomic E-state index is 5.79. The van der Waals surface area contributed by atoms with Crippen molar-refractivity contribution in [3.05, 3.63) is 29.3 Å². The number of ether oxygens (including phenoxy) is 1. The quantitative estimate of drug-likeness (QED) is 0.812. The second kappa shape index (κ2) is 4.64. The predicted molar refractivity (Wildman–Crippen MR) is 57.5 cm³/mol. The molecule has 1 heterocycles. The third-order valence-corrected chi connectivity index (χ3v) is 2.39. The van der Waals surface area contributed by atoms with Crippen molar-refractivity contribution in [1.29, 1.82) is 0 Å². The molecule has 0 unspecified atom stereocenters. The fraction of sp³-hybridized carbons (Fsp3) is 0.400. The van der Waals surface area contributed by atoms with Crippen LogP contribution in [-0.4, -0.2) is 31.3 Å². The fourth-order valence-electron chi connectivity index (χ4n) is 1.38. The van der Waals surface area contributed by atoms with Gasteiger partial charge in [0.05, 0.1) is 13.2 Å². The van der Waals surface area contributed by atoms with E-state index in [1.807, 2.05) is 24.3 Å². The number of hydrogen-bond acceptors (Lipinski definition) is 3. The van der Waals surface area contributed by atoms with Gasteiger partial charge in [0.1, 0.15) is 0 Å². The number of anilines is 1. The van der Waals surface area contributed by atoms with Crippen LogP contribution in [0.2, 0.25) is 5.02 Å². The Kier molecular flexibility index (Phi) is 3.24. The van der Waals surface area contributed by atoms with Crippen molar-refractivity contribution in [2.24, 2.45) is 0 Å². The number of nitrogens with one attached hydrogen (secondary N) is 1. The summed E-state index contributed by atoms with van der Waals surface area (Å²) in [7, 11) is 0. The van der Waals surface area contributed by atoms with E-state index in [0.29, 0.717) is 0 Å². The van der Waals surface area contributed by atoms with Crippen LogP contribution in [-0.2, 0) is 4.74 Å². The number of benzene rings is 1. The second-order valence-corrected chi connectivity index (χ2v) is 3.65. The summed E-state index contributed by atoms with van der Waals surface area (Å²) < 4.78 is 5.25. The summed E-state index contributed by atoms with van der Waals surface area (Å²) in [5.41, 5.74) is 4.37. The standard InChI is InChI=1S/C10H13ClN2O/c11-9-1-3-10(4-2-9)12-13-5-7-14-8-6-13/h1-4,12H,5-8H2. The Labute approximate surface area is 88.6 Å². The van der Waals surface area contributed by atoms with Crippen molar-refractivity contribution in [2.75, 3.05) is 31.7 Å². The van der Waals surface area contributed by atoms with E-state index < -0.39 is 0 Å². The molecule has 0 aromatic heterocycles. The van der Waals surface area contributed by atoms with Crippen molar-refractivity contribution in [3.63, 3.8) is 0 Å². The molecule has 0 spiro atoms. The molecule has 4 heteroatoms. The average Bonchev–Trinajstić information content (AvgIpc) is 2.23. The van der Waals surface area contributed by atoms with Gasteiger partial charge in [0.25, 0.3) is 0 Å². The first-order valence-electron chi connectivity index (χ1n) is 4.69. The molecule has 3 nitrogen and oxygen atoms in total. The topological polar surface area (TPSA) is 24.5 Å². The van der Waals surface area contributed by atoms with Crippen molar-refractivity contribution in [1.82, 2.24) is 5.01 Å². The molecule has 1 N–H and O–H groups in total. The zero-order valence-corrected chi connectivity index (χ0v) is 8.63. The van der Waals surface area contributed by atoms with Gasteiger partial charge in [-0.05, 0) is 24.3 Å². The van der Waals surface area contributed by atoms with E-state index >= 15 is 0 Å². The van der Waals surface area contributed by atoms with Crippen LogP contribution >= 0.6 is 11.6 Å². The van der Waals surface area contributed by atoms with Gasteiger partial charge in [-0.3, -0.25) is 0 Å². The van der Waals surface area contributed by atoms with Gasteiger partial charge in [0.15, 0.2) is 0 Å². The van der Waals surface area contributed by atoms with Crippen molar-refractivity contribution in [3.8, 4) is 0 Å². The highest BCUT2D eigenvalue weighted by atomic mass is 35.5. The first-order valence-corrected chi connectivity index (χ1v) is 5.07. The van der Waals surface area contributed by atoms with Crippen LogP contribution in [0, 0.1) is 0 Å². The van der Waals surface area contributed by atoms with Gasteiger partial charge in [-0.1, -0.05) is 11.6 Å². The van der Waals surface area contributed by atoms with Gasteiger partial charge in [-0.15, -0.1) is 0 Å². The van der Waals surface area contributed by atoms with Gasteiger partial charge in [0, 0.05) is 23.8 Å². The van der Waals surface area contributed by atoms with Gasteiger partial charge < -0.3 is 10.2 Å². The smallest absolute Gasteiger partial charge is 0.0612 e. The molecule has 1 aromatic rings. The molecular formula is C10H13ClN2O. The van der Waals surface area contributed by atoms with E-state index in [9.17, 15) is 0 Å². The Bertz CT molecular complexity index is 283. The Balaban J connectivity index is 1.92. The van der Waals surface area contributed by atoms with Crippen LogP contribution in [0.5, 0.6) is 0 Å². The summed E-state index contributed by atoms with van der Waals surface area (Å²) in [5.74, 6) is 0. The molecule has 1 saturated heterocycles. The highest BCUT2D eigenvalue weighted by Gasteiger charge is 2.09. The van der Waals surface area contributed by atoms with Crippen LogP contribution < -0.4 is 5.43 Å². The van der Waals surface area contributed by atoms with Crippen molar-refractivity contribution >= 4 is 17.3 Å². The van der Waals surface area contributed by atoms with Gasteiger partial charge >= 0.3 is 0 Å². The maximum atomic E-state index is 5.79. The highest BCUT2D eigenvalue weighted by Crippen LogP contribution is 2.14. The number of hydrogen-bond donors (Lipinski definition) is 1. The van der Waals surface area contributed by atoms with E-state index in [1.165, 1.54) is 0 Å². The Morgan fingerprint density at radius 1 is 1.14 bits per heavy atom. The van der Waals surface area contributed by atoms with Crippen molar-refractivity contribution in [2.45, 2.75) is 0 Å².